The normalized spacial score (nSPS) is 52.4. The molecule has 23 heavy (non-hydrogen) atoms. The summed E-state index contributed by atoms with van der Waals surface area (Å²) in [5.41, 5.74) is 0.141. The topological polar surface area (TPSA) is 57.5 Å². The molecule has 4 rings (SSSR count). The molecule has 0 spiro atoms. The van der Waals surface area contributed by atoms with Gasteiger partial charge in [-0.2, -0.15) is 0 Å². The first-order valence-electron chi connectivity index (χ1n) is 9.86. The third-order valence-electron chi connectivity index (χ3n) is 8.47. The van der Waals surface area contributed by atoms with Gasteiger partial charge in [0.2, 0.25) is 0 Å². The Morgan fingerprint density at radius 1 is 1.00 bits per heavy atom. The standard InChI is InChI=1S/C20H32O3/c1-20-9-8-15-14-5-3-13(22)10-12(14)2-4-16(15)17(20)6-7-18(20)19(23)11-21/h12-18,21-22H,2-11H2,1H3. The SMILES string of the molecule is CC12CCC3C4CCC(O)CC4CCC3C1CCC2C(=O)CO. The quantitative estimate of drug-likeness (QED) is 0.821. The average Bonchev–Trinajstić information content (AvgIpc) is 2.90. The van der Waals surface area contributed by atoms with Crippen molar-refractivity contribution >= 4 is 5.78 Å². The number of hydrogen-bond acceptors (Lipinski definition) is 3. The van der Waals surface area contributed by atoms with Crippen LogP contribution >= 0.6 is 0 Å². The summed E-state index contributed by atoms with van der Waals surface area (Å²) in [6.07, 6.45) is 10.4. The van der Waals surface area contributed by atoms with Gasteiger partial charge in [0.1, 0.15) is 6.61 Å². The highest BCUT2D eigenvalue weighted by molar-refractivity contribution is 5.83. The Morgan fingerprint density at radius 2 is 1.78 bits per heavy atom. The zero-order valence-corrected chi connectivity index (χ0v) is 14.4. The summed E-state index contributed by atoms with van der Waals surface area (Å²) >= 11 is 0. The molecular formula is C20H32O3. The van der Waals surface area contributed by atoms with Crippen molar-refractivity contribution in [3.05, 3.63) is 0 Å². The fourth-order valence-corrected chi connectivity index (χ4v) is 7.47. The number of fused-ring (bicyclic) bond motifs is 5. The van der Waals surface area contributed by atoms with Crippen LogP contribution in [-0.4, -0.2) is 28.7 Å². The molecule has 0 heterocycles. The summed E-state index contributed by atoms with van der Waals surface area (Å²) in [5.74, 6) is 4.08. The van der Waals surface area contributed by atoms with Crippen LogP contribution in [0.15, 0.2) is 0 Å². The number of rotatable bonds is 2. The first-order chi connectivity index (χ1) is 11.0. The lowest BCUT2D eigenvalue weighted by atomic mass is 9.49. The van der Waals surface area contributed by atoms with Crippen molar-refractivity contribution in [1.82, 2.24) is 0 Å². The van der Waals surface area contributed by atoms with Gasteiger partial charge in [0, 0.05) is 5.92 Å². The maximum Gasteiger partial charge on any atom is 0.161 e. The first kappa shape index (κ1) is 16.1. The Kier molecular flexibility index (Phi) is 4.08. The van der Waals surface area contributed by atoms with Crippen LogP contribution in [0, 0.1) is 40.9 Å². The molecule has 3 heteroatoms. The lowest BCUT2D eigenvalue weighted by molar-refractivity contribution is -0.133. The zero-order chi connectivity index (χ0) is 16.2. The number of Topliss-reactive ketones (excluding diaryl/α,β-unsaturated/α-hetero) is 1. The van der Waals surface area contributed by atoms with Crippen LogP contribution in [-0.2, 0) is 4.79 Å². The van der Waals surface area contributed by atoms with Crippen LogP contribution in [0.5, 0.6) is 0 Å². The summed E-state index contributed by atoms with van der Waals surface area (Å²) in [5, 5.41) is 19.3. The van der Waals surface area contributed by atoms with Gasteiger partial charge in [-0.1, -0.05) is 6.92 Å². The Bertz CT molecular complexity index is 476. The number of aliphatic hydroxyl groups is 2. The van der Waals surface area contributed by atoms with Crippen LogP contribution in [0.1, 0.15) is 64.7 Å². The third kappa shape index (κ3) is 2.41. The molecule has 0 aromatic rings. The Hall–Kier alpha value is -0.410. The molecule has 0 aromatic carbocycles. The fraction of sp³-hybridized carbons (Fsp3) is 0.950. The molecule has 0 amide bonds. The average molecular weight is 320 g/mol. The van der Waals surface area contributed by atoms with Crippen molar-refractivity contribution < 1.29 is 15.0 Å². The minimum Gasteiger partial charge on any atom is -0.393 e. The van der Waals surface area contributed by atoms with Crippen molar-refractivity contribution in [3.8, 4) is 0 Å². The molecule has 0 aromatic heterocycles. The van der Waals surface area contributed by atoms with Gasteiger partial charge < -0.3 is 10.2 Å². The lowest BCUT2D eigenvalue weighted by Crippen LogP contribution is -2.49. The lowest BCUT2D eigenvalue weighted by Gasteiger charge is -2.56. The van der Waals surface area contributed by atoms with E-state index in [1.54, 1.807) is 0 Å². The molecule has 0 radical (unpaired) electrons. The third-order valence-corrected chi connectivity index (χ3v) is 8.47. The highest BCUT2D eigenvalue weighted by atomic mass is 16.3. The van der Waals surface area contributed by atoms with Crippen LogP contribution in [0.4, 0.5) is 0 Å². The van der Waals surface area contributed by atoms with E-state index in [1.165, 1.54) is 38.5 Å². The zero-order valence-electron chi connectivity index (χ0n) is 14.4. The van der Waals surface area contributed by atoms with Crippen molar-refractivity contribution in [2.75, 3.05) is 6.61 Å². The molecule has 4 saturated carbocycles. The number of carbonyl (C=O) groups is 1. The monoisotopic (exact) mass is 320 g/mol. The Morgan fingerprint density at radius 3 is 2.57 bits per heavy atom. The van der Waals surface area contributed by atoms with E-state index in [0.29, 0.717) is 5.92 Å². The van der Waals surface area contributed by atoms with Gasteiger partial charge >= 0.3 is 0 Å². The second kappa shape index (κ2) is 5.84. The summed E-state index contributed by atoms with van der Waals surface area (Å²) in [4.78, 5) is 12.2. The van der Waals surface area contributed by atoms with E-state index in [4.69, 9.17) is 0 Å². The number of hydrogen-bond donors (Lipinski definition) is 2. The van der Waals surface area contributed by atoms with Crippen LogP contribution < -0.4 is 0 Å². The summed E-state index contributed by atoms with van der Waals surface area (Å²) in [7, 11) is 0. The number of aliphatic hydroxyl groups excluding tert-OH is 2. The second-order valence-corrected chi connectivity index (χ2v) is 9.20. The molecule has 4 aliphatic rings. The largest absolute Gasteiger partial charge is 0.393 e. The Labute approximate surface area is 139 Å². The van der Waals surface area contributed by atoms with E-state index in [-0.39, 0.29) is 29.8 Å². The van der Waals surface area contributed by atoms with E-state index < -0.39 is 0 Å². The molecule has 0 aliphatic heterocycles. The minimum absolute atomic E-state index is 0.0558. The predicted molar refractivity (Wildman–Crippen MR) is 88.7 cm³/mol. The van der Waals surface area contributed by atoms with E-state index in [9.17, 15) is 15.0 Å². The first-order valence-corrected chi connectivity index (χ1v) is 9.86. The Balaban J connectivity index is 1.55. The van der Waals surface area contributed by atoms with Crippen LogP contribution in [0.2, 0.25) is 0 Å². The number of ketones is 1. The van der Waals surface area contributed by atoms with Gasteiger partial charge in [0.05, 0.1) is 6.10 Å². The summed E-state index contributed by atoms with van der Waals surface area (Å²) < 4.78 is 0. The summed E-state index contributed by atoms with van der Waals surface area (Å²) in [6.45, 7) is 2.07. The molecule has 4 fully saturated rings. The minimum atomic E-state index is -0.274. The van der Waals surface area contributed by atoms with Gasteiger partial charge in [-0.05, 0) is 92.8 Å². The maximum absolute atomic E-state index is 12.2. The van der Waals surface area contributed by atoms with E-state index in [1.807, 2.05) is 0 Å². The second-order valence-electron chi connectivity index (χ2n) is 9.20. The molecule has 2 N–H and O–H groups in total. The predicted octanol–water partition coefficient (Wildman–Crippen LogP) is 3.18. The van der Waals surface area contributed by atoms with Crippen LogP contribution in [0.25, 0.3) is 0 Å². The van der Waals surface area contributed by atoms with Gasteiger partial charge in [-0.3, -0.25) is 4.79 Å². The molecule has 8 atom stereocenters. The molecule has 130 valence electrons. The van der Waals surface area contributed by atoms with E-state index in [0.717, 1.165) is 42.9 Å². The van der Waals surface area contributed by atoms with Gasteiger partial charge in [-0.15, -0.1) is 0 Å². The summed E-state index contributed by atoms with van der Waals surface area (Å²) in [6, 6.07) is 0. The highest BCUT2D eigenvalue weighted by Gasteiger charge is 2.58. The van der Waals surface area contributed by atoms with Crippen LogP contribution in [0.3, 0.4) is 0 Å². The molecular weight excluding hydrogens is 288 g/mol. The molecule has 8 unspecified atom stereocenters. The molecule has 0 bridgehead atoms. The van der Waals surface area contributed by atoms with Gasteiger partial charge in [0.25, 0.3) is 0 Å². The van der Waals surface area contributed by atoms with E-state index >= 15 is 0 Å². The number of carbonyl (C=O) groups excluding carboxylic acids is 1. The van der Waals surface area contributed by atoms with Gasteiger partial charge in [0.15, 0.2) is 5.78 Å². The maximum atomic E-state index is 12.2. The highest BCUT2D eigenvalue weighted by Crippen LogP contribution is 2.64. The molecule has 3 nitrogen and oxygen atoms in total. The van der Waals surface area contributed by atoms with Crippen molar-refractivity contribution in [2.45, 2.75) is 70.8 Å². The smallest absolute Gasteiger partial charge is 0.161 e. The van der Waals surface area contributed by atoms with E-state index in [2.05, 4.69) is 6.92 Å². The fourth-order valence-electron chi connectivity index (χ4n) is 7.47. The molecule has 4 aliphatic carbocycles. The van der Waals surface area contributed by atoms with Crippen molar-refractivity contribution in [1.29, 1.82) is 0 Å². The molecule has 0 saturated heterocycles. The van der Waals surface area contributed by atoms with Gasteiger partial charge in [-0.25, -0.2) is 0 Å². The van der Waals surface area contributed by atoms with Crippen molar-refractivity contribution in [2.24, 2.45) is 40.9 Å². The van der Waals surface area contributed by atoms with Crippen molar-refractivity contribution in [3.63, 3.8) is 0 Å².